The number of rotatable bonds is 10. The normalized spacial score (nSPS) is 18.9. The van der Waals surface area contributed by atoms with E-state index in [-0.39, 0.29) is 29.8 Å². The number of benzene rings is 1. The molecule has 2 amide bonds. The number of ether oxygens (including phenoxy) is 2. The van der Waals surface area contributed by atoms with E-state index in [4.69, 9.17) is 21.1 Å². The summed E-state index contributed by atoms with van der Waals surface area (Å²) in [5.74, 6) is 1.08. The maximum absolute atomic E-state index is 13.7. The summed E-state index contributed by atoms with van der Waals surface area (Å²) in [5, 5.41) is 5.17. The molecule has 1 aromatic heterocycles. The van der Waals surface area contributed by atoms with E-state index in [9.17, 15) is 9.59 Å². The van der Waals surface area contributed by atoms with Gasteiger partial charge in [0.05, 0.1) is 19.8 Å². The minimum Gasteiger partial charge on any atom is -0.493 e. The quantitative estimate of drug-likeness (QED) is 0.429. The van der Waals surface area contributed by atoms with Crippen LogP contribution in [0.5, 0.6) is 11.5 Å². The second kappa shape index (κ2) is 12.5. The summed E-state index contributed by atoms with van der Waals surface area (Å²) < 4.78 is 11.4. The van der Waals surface area contributed by atoms with Gasteiger partial charge in [-0.05, 0) is 74.6 Å². The molecule has 1 aliphatic rings. The van der Waals surface area contributed by atoms with Gasteiger partial charge in [-0.1, -0.05) is 19.1 Å². The smallest absolute Gasteiger partial charge is 0.247 e. The van der Waals surface area contributed by atoms with Crippen LogP contribution < -0.4 is 14.8 Å². The molecule has 1 fully saturated rings. The number of hydrogen-bond donors (Lipinski definition) is 1. The zero-order chi connectivity index (χ0) is 24.7. The SMILES string of the molecule is COc1cc([C@H](C(=O)NC2CCC(C)CC2)N(Cc2cccs2)C(=O)CCl)ccc1OC(C)C. The van der Waals surface area contributed by atoms with Crippen molar-refractivity contribution < 1.29 is 19.1 Å². The fourth-order valence-corrected chi connectivity index (χ4v) is 5.19. The van der Waals surface area contributed by atoms with Gasteiger partial charge in [0.15, 0.2) is 11.5 Å². The van der Waals surface area contributed by atoms with Gasteiger partial charge in [-0.3, -0.25) is 9.59 Å². The molecule has 8 heteroatoms. The maximum atomic E-state index is 13.7. The molecule has 2 aromatic rings. The number of thiophene rings is 1. The van der Waals surface area contributed by atoms with Crippen LogP contribution in [0.3, 0.4) is 0 Å². The highest BCUT2D eigenvalue weighted by Gasteiger charge is 2.34. The van der Waals surface area contributed by atoms with E-state index < -0.39 is 6.04 Å². The second-order valence-electron chi connectivity index (χ2n) is 9.18. The first-order chi connectivity index (χ1) is 16.3. The van der Waals surface area contributed by atoms with E-state index in [2.05, 4.69) is 12.2 Å². The van der Waals surface area contributed by atoms with Crippen molar-refractivity contribution in [3.05, 3.63) is 46.2 Å². The summed E-state index contributed by atoms with van der Waals surface area (Å²) in [4.78, 5) is 29.3. The molecule has 0 radical (unpaired) electrons. The topological polar surface area (TPSA) is 67.9 Å². The van der Waals surface area contributed by atoms with Gasteiger partial charge < -0.3 is 19.7 Å². The predicted octanol–water partition coefficient (Wildman–Crippen LogP) is 5.55. The lowest BCUT2D eigenvalue weighted by molar-refractivity contribution is -0.140. The van der Waals surface area contributed by atoms with Crippen LogP contribution in [-0.2, 0) is 16.1 Å². The molecule has 1 aliphatic carbocycles. The first-order valence-electron chi connectivity index (χ1n) is 11.8. The number of hydrogen-bond acceptors (Lipinski definition) is 5. The molecule has 1 atom stereocenters. The van der Waals surface area contributed by atoms with E-state index in [1.54, 1.807) is 35.5 Å². The molecule has 1 heterocycles. The van der Waals surface area contributed by atoms with E-state index >= 15 is 0 Å². The Morgan fingerprint density at radius 1 is 1.18 bits per heavy atom. The minimum absolute atomic E-state index is 0.0271. The molecule has 186 valence electrons. The number of carbonyl (C=O) groups excluding carboxylic acids is 2. The number of halogens is 1. The highest BCUT2D eigenvalue weighted by atomic mass is 35.5. The van der Waals surface area contributed by atoms with E-state index in [0.717, 1.165) is 30.6 Å². The number of alkyl halides is 1. The molecule has 0 saturated heterocycles. The second-order valence-corrected chi connectivity index (χ2v) is 10.5. The number of methoxy groups -OCH3 is 1. The average Bonchev–Trinajstić information content (AvgIpc) is 3.33. The van der Waals surface area contributed by atoms with Gasteiger partial charge in [0.1, 0.15) is 11.9 Å². The maximum Gasteiger partial charge on any atom is 0.247 e. The van der Waals surface area contributed by atoms with Crippen LogP contribution in [0.1, 0.15) is 62.9 Å². The van der Waals surface area contributed by atoms with Crippen LogP contribution in [-0.4, -0.2) is 41.8 Å². The van der Waals surface area contributed by atoms with Gasteiger partial charge in [0.2, 0.25) is 11.8 Å². The van der Waals surface area contributed by atoms with E-state index in [1.165, 1.54) is 0 Å². The standard InChI is InChI=1S/C26H35ClN2O4S/c1-17(2)33-22-12-9-19(14-23(22)32-4)25(26(31)28-20-10-7-18(3)8-11-20)29(24(30)15-27)16-21-6-5-13-34-21/h5-6,9,12-14,17-18,20,25H,7-8,10-11,15-16H2,1-4H3,(H,28,31)/t18?,20?,25-/m1/s1. The zero-order valence-electron chi connectivity index (χ0n) is 20.4. The lowest BCUT2D eigenvalue weighted by atomic mass is 9.87. The number of amides is 2. The Morgan fingerprint density at radius 3 is 2.50 bits per heavy atom. The van der Waals surface area contributed by atoms with Crippen LogP contribution in [0.15, 0.2) is 35.7 Å². The van der Waals surface area contributed by atoms with Crippen LogP contribution in [0.4, 0.5) is 0 Å². The zero-order valence-corrected chi connectivity index (χ0v) is 22.0. The Morgan fingerprint density at radius 2 is 1.91 bits per heavy atom. The Kier molecular flexibility index (Phi) is 9.65. The Balaban J connectivity index is 1.97. The molecule has 1 N–H and O–H groups in total. The molecule has 1 saturated carbocycles. The molecule has 34 heavy (non-hydrogen) atoms. The molecule has 0 unspecified atom stereocenters. The molecule has 3 rings (SSSR count). The van der Waals surface area contributed by atoms with Gasteiger partial charge in [0.25, 0.3) is 0 Å². The number of nitrogens with zero attached hydrogens (tertiary/aromatic N) is 1. The lowest BCUT2D eigenvalue weighted by Crippen LogP contribution is -2.47. The Hall–Kier alpha value is -2.25. The van der Waals surface area contributed by atoms with Crippen LogP contribution >= 0.6 is 22.9 Å². The van der Waals surface area contributed by atoms with Crippen molar-refractivity contribution in [2.24, 2.45) is 5.92 Å². The van der Waals surface area contributed by atoms with Crippen molar-refractivity contribution in [1.82, 2.24) is 10.2 Å². The third-order valence-corrected chi connectivity index (χ3v) is 7.22. The van der Waals surface area contributed by atoms with Crippen LogP contribution in [0, 0.1) is 5.92 Å². The first-order valence-corrected chi connectivity index (χ1v) is 13.3. The van der Waals surface area contributed by atoms with Crippen molar-refractivity contribution in [2.75, 3.05) is 13.0 Å². The molecule has 6 nitrogen and oxygen atoms in total. The minimum atomic E-state index is -0.838. The predicted molar refractivity (Wildman–Crippen MR) is 137 cm³/mol. The third kappa shape index (κ3) is 6.89. The molecule has 0 bridgehead atoms. The van der Waals surface area contributed by atoms with E-state index in [1.807, 2.05) is 37.4 Å². The van der Waals surface area contributed by atoms with Gasteiger partial charge >= 0.3 is 0 Å². The Labute approximate surface area is 211 Å². The van der Waals surface area contributed by atoms with Crippen molar-refractivity contribution in [2.45, 2.75) is 71.2 Å². The summed E-state index contributed by atoms with van der Waals surface area (Å²) in [6.45, 7) is 6.43. The van der Waals surface area contributed by atoms with Gasteiger partial charge in [-0.15, -0.1) is 22.9 Å². The van der Waals surface area contributed by atoms with Crippen molar-refractivity contribution in [1.29, 1.82) is 0 Å². The fourth-order valence-electron chi connectivity index (χ4n) is 4.33. The van der Waals surface area contributed by atoms with Crippen LogP contribution in [0.25, 0.3) is 0 Å². The Bertz CT molecular complexity index is 942. The number of carbonyl (C=O) groups is 2. The highest BCUT2D eigenvalue weighted by molar-refractivity contribution is 7.09. The molecule has 0 spiro atoms. The monoisotopic (exact) mass is 506 g/mol. The van der Waals surface area contributed by atoms with Crippen molar-refractivity contribution >= 4 is 34.8 Å². The largest absolute Gasteiger partial charge is 0.493 e. The molecule has 0 aliphatic heterocycles. The summed E-state index contributed by atoms with van der Waals surface area (Å²) >= 11 is 7.55. The summed E-state index contributed by atoms with van der Waals surface area (Å²) in [5.41, 5.74) is 0.657. The number of nitrogens with one attached hydrogen (secondary N) is 1. The van der Waals surface area contributed by atoms with E-state index in [0.29, 0.717) is 29.5 Å². The summed E-state index contributed by atoms with van der Waals surface area (Å²) in [6, 6.07) is 8.57. The van der Waals surface area contributed by atoms with Crippen molar-refractivity contribution in [3.63, 3.8) is 0 Å². The van der Waals surface area contributed by atoms with Gasteiger partial charge in [0, 0.05) is 10.9 Å². The summed E-state index contributed by atoms with van der Waals surface area (Å²) in [6.07, 6.45) is 4.03. The first kappa shape index (κ1) is 26.4. The van der Waals surface area contributed by atoms with Crippen LogP contribution in [0.2, 0.25) is 0 Å². The lowest BCUT2D eigenvalue weighted by Gasteiger charge is -2.34. The average molecular weight is 507 g/mol. The van der Waals surface area contributed by atoms with Gasteiger partial charge in [-0.2, -0.15) is 0 Å². The molecular weight excluding hydrogens is 472 g/mol. The third-order valence-electron chi connectivity index (χ3n) is 6.13. The highest BCUT2D eigenvalue weighted by Crippen LogP contribution is 2.34. The van der Waals surface area contributed by atoms with Crippen molar-refractivity contribution in [3.8, 4) is 11.5 Å². The molecule has 1 aromatic carbocycles. The van der Waals surface area contributed by atoms with Gasteiger partial charge in [-0.25, -0.2) is 0 Å². The molecular formula is C26H35ClN2O4S. The summed E-state index contributed by atoms with van der Waals surface area (Å²) in [7, 11) is 1.57. The fraction of sp³-hybridized carbons (Fsp3) is 0.538.